The molecule has 0 spiro atoms. The number of imide groups is 2. The smallest absolute Gasteiger partial charge is 0.261 e. The van der Waals surface area contributed by atoms with E-state index in [1.165, 1.54) is 34.1 Å². The Morgan fingerprint density at radius 2 is 0.907 bits per heavy atom. The number of nitriles is 2. The van der Waals surface area contributed by atoms with Crippen LogP contribution in [0, 0.1) is 47.6 Å². The number of unbranched alkanes of at least 4 members (excludes halogenated alkanes) is 2. The highest BCUT2D eigenvalue weighted by Gasteiger charge is 2.40. The van der Waals surface area contributed by atoms with Gasteiger partial charge in [-0.05, 0) is 70.5 Å². The van der Waals surface area contributed by atoms with E-state index in [4.69, 9.17) is 13.1 Å². The molecule has 0 fully saturated rings. The second kappa shape index (κ2) is 13.9. The Balaban J connectivity index is 1.60. The zero-order chi connectivity index (χ0) is 38.6. The molecule has 2 aliphatic rings. The lowest BCUT2D eigenvalue weighted by atomic mass is 9.78. The van der Waals surface area contributed by atoms with Crippen LogP contribution in [0.25, 0.3) is 52.8 Å². The summed E-state index contributed by atoms with van der Waals surface area (Å²) in [5, 5.41) is 23.4. The second-order valence-corrected chi connectivity index (χ2v) is 14.6. The van der Waals surface area contributed by atoms with Gasteiger partial charge in [-0.1, -0.05) is 66.2 Å². The van der Waals surface area contributed by atoms with Crippen LogP contribution >= 0.6 is 0 Å². The van der Waals surface area contributed by atoms with E-state index < -0.39 is 23.6 Å². The summed E-state index contributed by atoms with van der Waals surface area (Å²) in [5.41, 5.74) is 0.657. The van der Waals surface area contributed by atoms with Gasteiger partial charge in [0.1, 0.15) is 0 Å². The number of carbonyl (C=O) groups excluding carboxylic acids is 4. The molecule has 0 aromatic heterocycles. The average molecular weight is 715 g/mol. The molecule has 0 bridgehead atoms. The van der Waals surface area contributed by atoms with E-state index in [9.17, 15) is 29.7 Å². The van der Waals surface area contributed by atoms with E-state index in [-0.39, 0.29) is 113 Å². The van der Waals surface area contributed by atoms with Gasteiger partial charge in [-0.2, -0.15) is 10.5 Å². The Morgan fingerprint density at radius 1 is 0.556 bits per heavy atom. The quantitative estimate of drug-likeness (QED) is 0.0547. The summed E-state index contributed by atoms with van der Waals surface area (Å²) in [6, 6.07) is 10.2. The van der Waals surface area contributed by atoms with E-state index in [2.05, 4.69) is 35.7 Å². The van der Waals surface area contributed by atoms with Gasteiger partial charge in [0, 0.05) is 56.9 Å². The summed E-state index contributed by atoms with van der Waals surface area (Å²) in [7, 11) is 0. The summed E-state index contributed by atoms with van der Waals surface area (Å²) < 4.78 is 0. The van der Waals surface area contributed by atoms with Crippen LogP contribution in [0.3, 0.4) is 0 Å². The average Bonchev–Trinajstić information content (AvgIpc) is 3.19. The number of hydrogen-bond acceptors (Lipinski definition) is 6. The zero-order valence-electron chi connectivity index (χ0n) is 30.9. The summed E-state index contributed by atoms with van der Waals surface area (Å²) in [5.74, 6) is -2.04. The number of nitrogens with zero attached hydrogens (tertiary/aromatic N) is 6. The molecule has 7 rings (SSSR count). The van der Waals surface area contributed by atoms with Crippen molar-refractivity contribution < 1.29 is 19.2 Å². The van der Waals surface area contributed by atoms with Crippen molar-refractivity contribution in [2.75, 3.05) is 13.1 Å². The van der Waals surface area contributed by atoms with Gasteiger partial charge in [0.05, 0.1) is 36.4 Å². The lowest BCUT2D eigenvalue weighted by Gasteiger charge is -2.33. The first-order valence-corrected chi connectivity index (χ1v) is 18.8. The van der Waals surface area contributed by atoms with Crippen LogP contribution < -0.4 is 0 Å². The van der Waals surface area contributed by atoms with Crippen molar-refractivity contribution in [1.82, 2.24) is 9.80 Å². The third-order valence-electron chi connectivity index (χ3n) is 11.6. The predicted octanol–water partition coefficient (Wildman–Crippen LogP) is 10.2. The molecule has 2 unspecified atom stereocenters. The highest BCUT2D eigenvalue weighted by Crippen LogP contribution is 2.53. The molecule has 4 amide bonds. The second-order valence-electron chi connectivity index (χ2n) is 14.6. The standard InChI is InChI=1S/C44H38N6O4/c1-7-11-13-23(9-3)21-49-41(51)27-15-25(19-45)33-34-26(20-46)16-28-36-30(44(54)50(42(28)52)22-24(10-4)14-12-8-2)18-32(48-6)38(40(34)36)37-31(47-5)17-29(43(49)53)35(27)39(33)37/h15-18,23-24H,7-14,21-22H2,1-4H3. The molecule has 10 heteroatoms. The van der Waals surface area contributed by atoms with Crippen molar-refractivity contribution in [2.45, 2.75) is 79.1 Å². The van der Waals surface area contributed by atoms with Gasteiger partial charge in [-0.3, -0.25) is 29.0 Å². The maximum atomic E-state index is 14.3. The van der Waals surface area contributed by atoms with Gasteiger partial charge in [0.15, 0.2) is 11.4 Å². The fraction of sp³-hybridized carbons (Fsp3) is 0.364. The van der Waals surface area contributed by atoms with Crippen molar-refractivity contribution in [1.29, 1.82) is 10.5 Å². The molecule has 2 heterocycles. The molecule has 0 radical (unpaired) electrons. The third kappa shape index (κ3) is 5.09. The number of carbonyl (C=O) groups is 4. The molecule has 0 aliphatic carbocycles. The monoisotopic (exact) mass is 714 g/mol. The fourth-order valence-electron chi connectivity index (χ4n) is 8.75. The van der Waals surface area contributed by atoms with Crippen molar-refractivity contribution in [3.05, 3.63) is 80.5 Å². The number of hydrogen-bond donors (Lipinski definition) is 0. The molecule has 268 valence electrons. The molecule has 5 aromatic rings. The van der Waals surface area contributed by atoms with Crippen LogP contribution in [0.15, 0.2) is 24.3 Å². The van der Waals surface area contributed by atoms with Crippen LogP contribution in [-0.4, -0.2) is 46.5 Å². The van der Waals surface area contributed by atoms with E-state index in [1.54, 1.807) is 0 Å². The lowest BCUT2D eigenvalue weighted by Crippen LogP contribution is -2.43. The van der Waals surface area contributed by atoms with Gasteiger partial charge >= 0.3 is 0 Å². The van der Waals surface area contributed by atoms with E-state index in [1.807, 2.05) is 13.8 Å². The van der Waals surface area contributed by atoms with Gasteiger partial charge in [0.2, 0.25) is 0 Å². The first-order valence-electron chi connectivity index (χ1n) is 18.8. The van der Waals surface area contributed by atoms with Gasteiger partial charge in [-0.15, -0.1) is 0 Å². The van der Waals surface area contributed by atoms with Crippen LogP contribution in [0.2, 0.25) is 0 Å². The lowest BCUT2D eigenvalue weighted by molar-refractivity contribution is 0.0565. The summed E-state index contributed by atoms with van der Waals surface area (Å²) in [6.07, 6.45) is 7.03. The number of fused-ring (bicyclic) bond motifs is 2. The summed E-state index contributed by atoms with van der Waals surface area (Å²) in [4.78, 5) is 67.4. The SMILES string of the molecule is [C-]#[N+]c1cc2c3c(cc(C#N)c4c5c(C#N)cc6c7c(cc([N+]#[C-])c(c1c34)c75)C(=O)N(CC(CC)CCCC)C6=O)C(=O)N(CC(CC)CCCC)C2=O. The fourth-order valence-corrected chi connectivity index (χ4v) is 8.75. The molecule has 54 heavy (non-hydrogen) atoms. The van der Waals surface area contributed by atoms with Crippen molar-refractivity contribution in [2.24, 2.45) is 11.8 Å². The molecule has 5 aromatic carbocycles. The maximum absolute atomic E-state index is 14.3. The zero-order valence-corrected chi connectivity index (χ0v) is 30.9. The van der Waals surface area contributed by atoms with Crippen molar-refractivity contribution in [3.8, 4) is 12.1 Å². The van der Waals surface area contributed by atoms with Crippen LogP contribution in [0.1, 0.15) is 132 Å². The number of amides is 4. The Hall–Kier alpha value is -6.36. The first kappa shape index (κ1) is 36.0. The molecule has 10 nitrogen and oxygen atoms in total. The Kier molecular flexibility index (Phi) is 9.26. The highest BCUT2D eigenvalue weighted by molar-refractivity contribution is 6.45. The van der Waals surface area contributed by atoms with E-state index >= 15 is 0 Å². The van der Waals surface area contributed by atoms with E-state index in [0.29, 0.717) is 0 Å². The maximum Gasteiger partial charge on any atom is 0.261 e. The molecular weight excluding hydrogens is 677 g/mol. The van der Waals surface area contributed by atoms with Crippen LogP contribution in [0.4, 0.5) is 11.4 Å². The normalized spacial score (nSPS) is 14.9. The molecule has 2 atom stereocenters. The topological polar surface area (TPSA) is 131 Å². The van der Waals surface area contributed by atoms with Gasteiger partial charge < -0.3 is 0 Å². The highest BCUT2D eigenvalue weighted by atomic mass is 16.2. The van der Waals surface area contributed by atoms with Crippen molar-refractivity contribution >= 4 is 78.1 Å². The largest absolute Gasteiger partial charge is 0.274 e. The molecule has 0 N–H and O–H groups in total. The predicted molar refractivity (Wildman–Crippen MR) is 207 cm³/mol. The van der Waals surface area contributed by atoms with Crippen molar-refractivity contribution in [3.63, 3.8) is 0 Å². The van der Waals surface area contributed by atoms with Gasteiger partial charge in [-0.25, -0.2) is 9.69 Å². The summed E-state index contributed by atoms with van der Waals surface area (Å²) in [6.45, 7) is 25.3. The van der Waals surface area contributed by atoms with Crippen LogP contribution in [0.5, 0.6) is 0 Å². The third-order valence-corrected chi connectivity index (χ3v) is 11.6. The first-order chi connectivity index (χ1) is 26.1. The summed E-state index contributed by atoms with van der Waals surface area (Å²) >= 11 is 0. The Bertz CT molecular complexity index is 2330. The molecule has 0 saturated carbocycles. The number of benzene rings is 5. The van der Waals surface area contributed by atoms with E-state index in [0.717, 1.165) is 51.4 Å². The molecule has 0 saturated heterocycles. The molecular formula is C44H38N6O4. The molecule has 2 aliphatic heterocycles. The number of rotatable bonds is 12. The van der Waals surface area contributed by atoms with Gasteiger partial charge in [0.25, 0.3) is 23.6 Å². The minimum atomic E-state index is -0.547. The minimum absolute atomic E-state index is 0.0204. The Labute approximate surface area is 313 Å². The Morgan fingerprint density at radius 3 is 1.20 bits per heavy atom. The minimum Gasteiger partial charge on any atom is -0.274 e. The van der Waals surface area contributed by atoms with Crippen LogP contribution in [-0.2, 0) is 0 Å².